The lowest BCUT2D eigenvalue weighted by Crippen LogP contribution is -2.18. The zero-order valence-electron chi connectivity index (χ0n) is 7.02. The summed E-state index contributed by atoms with van der Waals surface area (Å²) in [5, 5.41) is 18.5. The number of phenols is 1. The number of hydrogen-bond acceptors (Lipinski definition) is 4. The van der Waals surface area contributed by atoms with Crippen LogP contribution in [0.3, 0.4) is 0 Å². The second-order valence-corrected chi connectivity index (χ2v) is 2.95. The van der Waals surface area contributed by atoms with Gasteiger partial charge in [0.25, 0.3) is 0 Å². The first kappa shape index (κ1) is 8.50. The van der Waals surface area contributed by atoms with Gasteiger partial charge in [-0.1, -0.05) is 0 Å². The molecule has 4 nitrogen and oxygen atoms in total. The molecule has 70 valence electrons. The zero-order chi connectivity index (χ0) is 10.3. The molecule has 0 bridgehead atoms. The van der Waals surface area contributed by atoms with Gasteiger partial charge in [0, 0.05) is 17.2 Å². The number of aliphatic hydroxyl groups is 1. The second kappa shape index (κ2) is 2.70. The van der Waals surface area contributed by atoms with E-state index in [0.717, 1.165) is 6.08 Å². The molecular weight excluding hydrogens is 184 g/mol. The summed E-state index contributed by atoms with van der Waals surface area (Å²) < 4.78 is 0. The van der Waals surface area contributed by atoms with E-state index < -0.39 is 11.6 Å². The monoisotopic (exact) mass is 190 g/mol. The summed E-state index contributed by atoms with van der Waals surface area (Å²) in [6.07, 6.45) is 0.851. The quantitative estimate of drug-likeness (QED) is 0.600. The largest absolute Gasteiger partial charge is 0.508 e. The van der Waals surface area contributed by atoms with E-state index in [2.05, 4.69) is 0 Å². The van der Waals surface area contributed by atoms with E-state index in [9.17, 15) is 14.7 Å². The van der Waals surface area contributed by atoms with Crippen LogP contribution in [0.1, 0.15) is 15.9 Å². The van der Waals surface area contributed by atoms with Gasteiger partial charge in [-0.15, -0.1) is 0 Å². The Morgan fingerprint density at radius 3 is 2.43 bits per heavy atom. The van der Waals surface area contributed by atoms with Crippen molar-refractivity contribution in [2.24, 2.45) is 0 Å². The fraction of sp³-hybridized carbons (Fsp3) is 0. The number of ketones is 2. The molecular formula is C10H6O4. The molecule has 0 unspecified atom stereocenters. The fourth-order valence-electron chi connectivity index (χ4n) is 1.34. The first-order valence-corrected chi connectivity index (χ1v) is 3.92. The number of benzene rings is 1. The van der Waals surface area contributed by atoms with E-state index >= 15 is 0 Å². The number of fused-ring (bicyclic) bond motifs is 1. The minimum atomic E-state index is -0.749. The van der Waals surface area contributed by atoms with Crippen molar-refractivity contribution < 1.29 is 19.8 Å². The van der Waals surface area contributed by atoms with Crippen molar-refractivity contribution >= 4 is 17.3 Å². The van der Waals surface area contributed by atoms with Crippen LogP contribution in [0.2, 0.25) is 0 Å². The average molecular weight is 190 g/mol. The van der Waals surface area contributed by atoms with Crippen LogP contribution < -0.4 is 0 Å². The lowest BCUT2D eigenvalue weighted by molar-refractivity contribution is -0.111. The summed E-state index contributed by atoms with van der Waals surface area (Å²) in [4.78, 5) is 22.3. The van der Waals surface area contributed by atoms with E-state index in [1.807, 2.05) is 0 Å². The number of carbonyl (C=O) groups is 2. The third-order valence-electron chi connectivity index (χ3n) is 2.02. The minimum absolute atomic E-state index is 0.0640. The Morgan fingerprint density at radius 1 is 1.00 bits per heavy atom. The van der Waals surface area contributed by atoms with Crippen LogP contribution in [0, 0.1) is 0 Å². The number of Topliss-reactive ketones (excluding diaryl/α,β-unsaturated/α-hetero) is 1. The van der Waals surface area contributed by atoms with Crippen LogP contribution in [-0.4, -0.2) is 21.8 Å². The van der Waals surface area contributed by atoms with Gasteiger partial charge in [0.2, 0.25) is 11.6 Å². The van der Waals surface area contributed by atoms with E-state index in [-0.39, 0.29) is 22.6 Å². The Kier molecular flexibility index (Phi) is 1.64. The van der Waals surface area contributed by atoms with Crippen molar-refractivity contribution in [1.29, 1.82) is 0 Å². The van der Waals surface area contributed by atoms with Gasteiger partial charge in [0.15, 0.2) is 0 Å². The molecule has 2 N–H and O–H groups in total. The molecule has 0 saturated carbocycles. The van der Waals surface area contributed by atoms with Crippen LogP contribution >= 0.6 is 0 Å². The van der Waals surface area contributed by atoms with Gasteiger partial charge in [-0.05, 0) is 18.2 Å². The second-order valence-electron chi connectivity index (χ2n) is 2.95. The molecule has 0 saturated heterocycles. The molecule has 0 fully saturated rings. The van der Waals surface area contributed by atoms with Crippen LogP contribution in [0.15, 0.2) is 24.3 Å². The third kappa shape index (κ3) is 1.08. The molecule has 1 aromatic carbocycles. The van der Waals surface area contributed by atoms with Gasteiger partial charge in [-0.2, -0.15) is 0 Å². The number of allylic oxidation sites excluding steroid dienone is 1. The Morgan fingerprint density at radius 2 is 1.71 bits per heavy atom. The first-order valence-electron chi connectivity index (χ1n) is 3.92. The predicted octanol–water partition coefficient (Wildman–Crippen LogP) is 1.06. The molecule has 0 radical (unpaired) electrons. The number of hydrogen-bond donors (Lipinski definition) is 2. The summed E-state index contributed by atoms with van der Waals surface area (Å²) in [5.41, 5.74) is 0.308. The molecule has 2 rings (SSSR count). The van der Waals surface area contributed by atoms with Crippen LogP contribution in [0.4, 0.5) is 0 Å². The number of phenolic OH excluding ortho intramolecular Hbond substituents is 1. The first-order chi connectivity index (χ1) is 6.59. The normalized spacial score (nSPS) is 15.0. The van der Waals surface area contributed by atoms with E-state index in [1.165, 1.54) is 18.2 Å². The van der Waals surface area contributed by atoms with Crippen molar-refractivity contribution in [3.63, 3.8) is 0 Å². The van der Waals surface area contributed by atoms with Gasteiger partial charge in [0.05, 0.1) is 0 Å². The van der Waals surface area contributed by atoms with Crippen LogP contribution in [0.25, 0.3) is 5.76 Å². The maximum Gasteiger partial charge on any atom is 0.233 e. The Balaban J connectivity index is 2.72. The highest BCUT2D eigenvalue weighted by atomic mass is 16.3. The molecule has 0 aromatic heterocycles. The fourth-order valence-corrected chi connectivity index (χ4v) is 1.34. The zero-order valence-corrected chi connectivity index (χ0v) is 7.02. The summed E-state index contributed by atoms with van der Waals surface area (Å²) in [7, 11) is 0. The maximum absolute atomic E-state index is 11.3. The molecule has 0 aliphatic heterocycles. The highest BCUT2D eigenvalue weighted by Crippen LogP contribution is 2.26. The SMILES string of the molecule is O=C1C=C(O)c2cc(O)ccc2C1=O. The number of aromatic hydroxyl groups is 1. The molecule has 1 aliphatic rings. The number of aliphatic hydroxyl groups excluding tert-OH is 1. The van der Waals surface area contributed by atoms with Gasteiger partial charge < -0.3 is 10.2 Å². The molecule has 0 amide bonds. The van der Waals surface area contributed by atoms with Crippen molar-refractivity contribution in [3.05, 3.63) is 35.4 Å². The van der Waals surface area contributed by atoms with Crippen molar-refractivity contribution in [2.75, 3.05) is 0 Å². The minimum Gasteiger partial charge on any atom is -0.508 e. The summed E-state index contributed by atoms with van der Waals surface area (Å²) in [5.74, 6) is -1.77. The Labute approximate surface area is 79.1 Å². The average Bonchev–Trinajstić information content (AvgIpc) is 2.14. The van der Waals surface area contributed by atoms with Gasteiger partial charge >= 0.3 is 0 Å². The Hall–Kier alpha value is -2.10. The van der Waals surface area contributed by atoms with E-state index in [4.69, 9.17) is 5.11 Å². The smallest absolute Gasteiger partial charge is 0.233 e. The predicted molar refractivity (Wildman–Crippen MR) is 48.1 cm³/mol. The molecule has 1 aromatic rings. The molecule has 0 spiro atoms. The van der Waals surface area contributed by atoms with Crippen molar-refractivity contribution in [1.82, 2.24) is 0 Å². The standard InChI is InChI=1S/C10H6O4/c11-5-1-2-6-7(3-5)8(12)4-9(13)10(6)14/h1-4,11-12H. The number of rotatable bonds is 0. The lowest BCUT2D eigenvalue weighted by Gasteiger charge is -2.11. The molecule has 0 atom stereocenters. The van der Waals surface area contributed by atoms with Crippen LogP contribution in [0.5, 0.6) is 5.75 Å². The highest BCUT2D eigenvalue weighted by molar-refractivity contribution is 6.50. The molecule has 0 heterocycles. The topological polar surface area (TPSA) is 74.6 Å². The van der Waals surface area contributed by atoms with Crippen molar-refractivity contribution in [3.8, 4) is 5.75 Å². The molecule has 4 heteroatoms. The van der Waals surface area contributed by atoms with Crippen LogP contribution in [-0.2, 0) is 4.79 Å². The lowest BCUT2D eigenvalue weighted by atomic mass is 9.94. The van der Waals surface area contributed by atoms with Crippen molar-refractivity contribution in [2.45, 2.75) is 0 Å². The van der Waals surface area contributed by atoms with E-state index in [0.29, 0.717) is 0 Å². The molecule has 1 aliphatic carbocycles. The number of carbonyl (C=O) groups excluding carboxylic acids is 2. The maximum atomic E-state index is 11.3. The summed E-state index contributed by atoms with van der Waals surface area (Å²) in [6.45, 7) is 0. The third-order valence-corrected chi connectivity index (χ3v) is 2.02. The van der Waals surface area contributed by atoms with Gasteiger partial charge in [-0.25, -0.2) is 0 Å². The van der Waals surface area contributed by atoms with Gasteiger partial charge in [-0.3, -0.25) is 9.59 Å². The van der Waals surface area contributed by atoms with Gasteiger partial charge in [0.1, 0.15) is 11.5 Å². The molecule has 14 heavy (non-hydrogen) atoms. The Bertz CT molecular complexity index is 471. The summed E-state index contributed by atoms with van der Waals surface area (Å²) in [6, 6.07) is 3.85. The van der Waals surface area contributed by atoms with E-state index in [1.54, 1.807) is 0 Å². The highest BCUT2D eigenvalue weighted by Gasteiger charge is 2.25. The summed E-state index contributed by atoms with van der Waals surface area (Å²) >= 11 is 0.